The van der Waals surface area contributed by atoms with Gasteiger partial charge in [0.25, 0.3) is 0 Å². The molecule has 46 valence electrons. The smallest absolute Gasteiger partial charge is 0.0915 e. The Morgan fingerprint density at radius 1 is 1.00 bits per heavy atom. The molecule has 0 saturated heterocycles. The molecule has 0 amide bonds. The summed E-state index contributed by atoms with van der Waals surface area (Å²) in [6.07, 6.45) is 0. The van der Waals surface area contributed by atoms with Crippen LogP contribution in [0.25, 0.3) is 0 Å². The fourth-order valence-electron chi connectivity index (χ4n) is 0.216. The molecular formula is C4H10N4. The van der Waals surface area contributed by atoms with E-state index in [0.717, 1.165) is 0 Å². The molecule has 8 heavy (non-hydrogen) atoms. The lowest BCUT2D eigenvalue weighted by Crippen LogP contribution is -2.12. The molecule has 0 heterocycles. The van der Waals surface area contributed by atoms with Gasteiger partial charge in [0.15, 0.2) is 0 Å². The third-order valence-corrected chi connectivity index (χ3v) is 1.11. The summed E-state index contributed by atoms with van der Waals surface area (Å²) in [6.45, 7) is 3.52. The Bertz CT molecular complexity index is 78.0. The summed E-state index contributed by atoms with van der Waals surface area (Å²) < 4.78 is 0. The van der Waals surface area contributed by atoms with Gasteiger partial charge in [-0.25, -0.2) is 11.1 Å². The number of nitrogens with one attached hydrogen (secondary N) is 2. The Labute approximate surface area is 48.3 Å². The Morgan fingerprint density at radius 2 is 1.25 bits per heavy atom. The van der Waals surface area contributed by atoms with Crippen molar-refractivity contribution >= 4 is 0 Å². The van der Waals surface area contributed by atoms with Gasteiger partial charge in [-0.2, -0.15) is 10.2 Å². The van der Waals surface area contributed by atoms with Gasteiger partial charge in [0, 0.05) is 0 Å². The van der Waals surface area contributed by atoms with E-state index in [1.807, 2.05) is 0 Å². The monoisotopic (exact) mass is 114 g/mol. The SMILES string of the molecule is CC(N=N)C(C)N=N. The van der Waals surface area contributed by atoms with Crippen LogP contribution in [0.4, 0.5) is 0 Å². The molecule has 0 radical (unpaired) electrons. The first-order valence-electron chi connectivity index (χ1n) is 2.45. The van der Waals surface area contributed by atoms with E-state index in [0.29, 0.717) is 0 Å². The van der Waals surface area contributed by atoms with Crippen molar-refractivity contribution in [2.75, 3.05) is 0 Å². The fourth-order valence-corrected chi connectivity index (χ4v) is 0.216. The summed E-state index contributed by atoms with van der Waals surface area (Å²) in [5.74, 6) is 0. The zero-order valence-corrected chi connectivity index (χ0v) is 5.05. The van der Waals surface area contributed by atoms with E-state index >= 15 is 0 Å². The van der Waals surface area contributed by atoms with Crippen LogP contribution in [0.5, 0.6) is 0 Å². The molecule has 0 aliphatic rings. The molecule has 0 fully saturated rings. The molecule has 0 aromatic rings. The second-order valence-corrected chi connectivity index (χ2v) is 1.74. The fraction of sp³-hybridized carbons (Fsp3) is 1.00. The van der Waals surface area contributed by atoms with Crippen molar-refractivity contribution in [3.63, 3.8) is 0 Å². The highest BCUT2D eigenvalue weighted by molar-refractivity contribution is 4.68. The van der Waals surface area contributed by atoms with Crippen molar-refractivity contribution in [1.82, 2.24) is 0 Å². The summed E-state index contributed by atoms with van der Waals surface area (Å²) >= 11 is 0. The summed E-state index contributed by atoms with van der Waals surface area (Å²) in [5, 5.41) is 6.39. The summed E-state index contributed by atoms with van der Waals surface area (Å²) in [4.78, 5) is 0. The highest BCUT2D eigenvalue weighted by Crippen LogP contribution is 1.99. The summed E-state index contributed by atoms with van der Waals surface area (Å²) in [6, 6.07) is -0.292. The van der Waals surface area contributed by atoms with Crippen LogP contribution in [0.2, 0.25) is 0 Å². The number of hydrogen-bond acceptors (Lipinski definition) is 4. The zero-order chi connectivity index (χ0) is 6.57. The lowest BCUT2D eigenvalue weighted by Gasteiger charge is -2.04. The maximum absolute atomic E-state index is 6.52. The van der Waals surface area contributed by atoms with Crippen molar-refractivity contribution in [1.29, 1.82) is 11.1 Å². The normalized spacial score (nSPS) is 16.8. The van der Waals surface area contributed by atoms with E-state index in [-0.39, 0.29) is 12.1 Å². The molecule has 4 heteroatoms. The van der Waals surface area contributed by atoms with Gasteiger partial charge in [-0.05, 0) is 13.8 Å². The Hall–Kier alpha value is -0.800. The van der Waals surface area contributed by atoms with Crippen LogP contribution in [0.1, 0.15) is 13.8 Å². The van der Waals surface area contributed by atoms with Crippen molar-refractivity contribution in [3.8, 4) is 0 Å². The molecule has 0 aliphatic heterocycles. The minimum absolute atomic E-state index is 0.146. The number of nitrogens with zero attached hydrogens (tertiary/aromatic N) is 2. The van der Waals surface area contributed by atoms with Crippen LogP contribution < -0.4 is 0 Å². The molecule has 0 bridgehead atoms. The van der Waals surface area contributed by atoms with E-state index in [1.54, 1.807) is 13.8 Å². The second kappa shape index (κ2) is 3.23. The van der Waals surface area contributed by atoms with Crippen LogP contribution in [0.3, 0.4) is 0 Å². The first-order chi connectivity index (χ1) is 3.72. The zero-order valence-electron chi connectivity index (χ0n) is 5.05. The van der Waals surface area contributed by atoms with Gasteiger partial charge in [0.2, 0.25) is 0 Å². The lowest BCUT2D eigenvalue weighted by molar-refractivity contribution is 0.544. The van der Waals surface area contributed by atoms with E-state index < -0.39 is 0 Å². The van der Waals surface area contributed by atoms with Gasteiger partial charge in [0.1, 0.15) is 0 Å². The number of hydrogen-bond donors (Lipinski definition) is 2. The van der Waals surface area contributed by atoms with Crippen LogP contribution in [0.15, 0.2) is 10.2 Å². The minimum atomic E-state index is -0.146. The quantitative estimate of drug-likeness (QED) is 0.525. The Morgan fingerprint density at radius 3 is 1.38 bits per heavy atom. The van der Waals surface area contributed by atoms with Gasteiger partial charge < -0.3 is 0 Å². The van der Waals surface area contributed by atoms with E-state index in [4.69, 9.17) is 11.1 Å². The molecule has 0 aromatic heterocycles. The van der Waals surface area contributed by atoms with E-state index in [2.05, 4.69) is 10.2 Å². The molecule has 0 saturated carbocycles. The third-order valence-electron chi connectivity index (χ3n) is 1.11. The predicted molar refractivity (Wildman–Crippen MR) is 29.2 cm³/mol. The second-order valence-electron chi connectivity index (χ2n) is 1.74. The van der Waals surface area contributed by atoms with Gasteiger partial charge in [-0.1, -0.05) is 0 Å². The standard InChI is InChI=1S/C4H10N4/c1-3(7-5)4(2)8-6/h3-6H,1-2H3. The highest BCUT2D eigenvalue weighted by atomic mass is 15.1. The van der Waals surface area contributed by atoms with Crippen molar-refractivity contribution in [2.24, 2.45) is 10.2 Å². The molecule has 2 atom stereocenters. The van der Waals surface area contributed by atoms with Gasteiger partial charge >= 0.3 is 0 Å². The maximum atomic E-state index is 6.52. The maximum Gasteiger partial charge on any atom is 0.0915 e. The summed E-state index contributed by atoms with van der Waals surface area (Å²) in [7, 11) is 0. The third kappa shape index (κ3) is 1.77. The van der Waals surface area contributed by atoms with Gasteiger partial charge in [-0.3, -0.25) is 0 Å². The van der Waals surface area contributed by atoms with Crippen molar-refractivity contribution in [3.05, 3.63) is 0 Å². The Kier molecular flexibility index (Phi) is 2.91. The highest BCUT2D eigenvalue weighted by Gasteiger charge is 2.06. The topological polar surface area (TPSA) is 72.4 Å². The summed E-state index contributed by atoms with van der Waals surface area (Å²) in [5.41, 5.74) is 13.0. The number of rotatable bonds is 3. The predicted octanol–water partition coefficient (Wildman–Crippen LogP) is 1.83. The lowest BCUT2D eigenvalue weighted by atomic mass is 10.2. The first-order valence-corrected chi connectivity index (χ1v) is 2.45. The molecule has 2 unspecified atom stereocenters. The average molecular weight is 114 g/mol. The van der Waals surface area contributed by atoms with Gasteiger partial charge in [-0.15, -0.1) is 0 Å². The van der Waals surface area contributed by atoms with Crippen molar-refractivity contribution < 1.29 is 0 Å². The molecular weight excluding hydrogens is 104 g/mol. The first kappa shape index (κ1) is 7.20. The molecule has 0 aromatic carbocycles. The van der Waals surface area contributed by atoms with Crippen LogP contribution in [-0.4, -0.2) is 12.1 Å². The van der Waals surface area contributed by atoms with E-state index in [9.17, 15) is 0 Å². The molecule has 0 aliphatic carbocycles. The minimum Gasteiger partial charge on any atom is -0.210 e. The molecule has 4 nitrogen and oxygen atoms in total. The van der Waals surface area contributed by atoms with Crippen LogP contribution in [-0.2, 0) is 0 Å². The molecule has 0 spiro atoms. The van der Waals surface area contributed by atoms with Crippen LogP contribution in [0, 0.1) is 11.1 Å². The molecule has 0 rings (SSSR count). The van der Waals surface area contributed by atoms with Gasteiger partial charge in [0.05, 0.1) is 12.1 Å². The van der Waals surface area contributed by atoms with Crippen molar-refractivity contribution in [2.45, 2.75) is 25.9 Å². The van der Waals surface area contributed by atoms with E-state index in [1.165, 1.54) is 0 Å². The average Bonchev–Trinajstić information content (AvgIpc) is 1.84. The Balaban J connectivity index is 3.60. The largest absolute Gasteiger partial charge is 0.210 e. The molecule has 2 N–H and O–H groups in total. The van der Waals surface area contributed by atoms with Crippen LogP contribution >= 0.6 is 0 Å².